The van der Waals surface area contributed by atoms with Gasteiger partial charge in [-0.15, -0.1) is 0 Å². The molecule has 0 heterocycles. The van der Waals surface area contributed by atoms with Crippen LogP contribution >= 0.6 is 0 Å². The minimum absolute atomic E-state index is 0.133. The predicted molar refractivity (Wildman–Crippen MR) is 97.1 cm³/mol. The Hall–Kier alpha value is -3.21. The summed E-state index contributed by atoms with van der Waals surface area (Å²) >= 11 is 0. The molecule has 0 bridgehead atoms. The maximum atomic E-state index is 12.7. The lowest BCUT2D eigenvalue weighted by Crippen LogP contribution is -2.40. The number of aliphatic carboxylic acids is 2. The fourth-order valence-electron chi connectivity index (χ4n) is 2.82. The molecule has 0 aromatic heterocycles. The van der Waals surface area contributed by atoms with Gasteiger partial charge in [-0.1, -0.05) is 66.7 Å². The van der Waals surface area contributed by atoms with Gasteiger partial charge in [-0.2, -0.15) is 0 Å². The average molecular weight is 352 g/mol. The lowest BCUT2D eigenvalue weighted by Gasteiger charge is -2.29. The normalized spacial score (nSPS) is 12.8. The van der Waals surface area contributed by atoms with Gasteiger partial charge in [-0.3, -0.25) is 9.59 Å². The second-order valence-corrected chi connectivity index (χ2v) is 6.30. The predicted octanol–water partition coefficient (Wildman–Crippen LogP) is 3.52. The Kier molecular flexibility index (Phi) is 5.72. The van der Waals surface area contributed by atoms with Crippen LogP contribution in [0.2, 0.25) is 0 Å². The van der Waals surface area contributed by atoms with Crippen molar-refractivity contribution in [2.24, 2.45) is 5.41 Å². The zero-order valence-corrected chi connectivity index (χ0v) is 14.4. The van der Waals surface area contributed by atoms with Crippen molar-refractivity contribution in [1.82, 2.24) is 0 Å². The summed E-state index contributed by atoms with van der Waals surface area (Å²) in [5.74, 6) is -3.25. The molecule has 134 valence electrons. The van der Waals surface area contributed by atoms with E-state index in [0.717, 1.165) is 5.56 Å². The molecule has 0 saturated carbocycles. The van der Waals surface area contributed by atoms with Crippen molar-refractivity contribution < 1.29 is 24.6 Å². The Balaban J connectivity index is 2.45. The highest BCUT2D eigenvalue weighted by Gasteiger charge is 2.46. The van der Waals surface area contributed by atoms with Gasteiger partial charge in [0.05, 0.1) is 0 Å². The highest BCUT2D eigenvalue weighted by molar-refractivity contribution is 6.03. The van der Waals surface area contributed by atoms with E-state index < -0.39 is 35.1 Å². The molecule has 0 aliphatic heterocycles. The van der Waals surface area contributed by atoms with E-state index in [9.17, 15) is 24.6 Å². The van der Waals surface area contributed by atoms with E-state index in [1.807, 2.05) is 6.92 Å². The summed E-state index contributed by atoms with van der Waals surface area (Å²) in [4.78, 5) is 36.3. The second kappa shape index (κ2) is 7.78. The van der Waals surface area contributed by atoms with Crippen LogP contribution in [-0.4, -0.2) is 27.9 Å². The van der Waals surface area contributed by atoms with Crippen molar-refractivity contribution in [2.75, 3.05) is 0 Å². The fraction of sp³-hybridized carbons (Fsp3) is 0.190. The van der Waals surface area contributed by atoms with Crippen molar-refractivity contribution in [3.63, 3.8) is 0 Å². The van der Waals surface area contributed by atoms with E-state index in [2.05, 4.69) is 6.58 Å². The summed E-state index contributed by atoms with van der Waals surface area (Å²) in [5.41, 5.74) is -0.504. The van der Waals surface area contributed by atoms with Gasteiger partial charge in [0.25, 0.3) is 0 Å². The van der Waals surface area contributed by atoms with Gasteiger partial charge in [0.1, 0.15) is 5.41 Å². The second-order valence-electron chi connectivity index (χ2n) is 6.30. The highest BCUT2D eigenvalue weighted by Crippen LogP contribution is 2.36. The first kappa shape index (κ1) is 19.1. The molecule has 1 atom stereocenters. The molecular formula is C21H20O5. The first-order valence-electron chi connectivity index (χ1n) is 8.06. The number of carbonyl (C=O) groups excluding carboxylic acids is 1. The Morgan fingerprint density at radius 2 is 1.54 bits per heavy atom. The minimum Gasteiger partial charge on any atom is -0.481 e. The van der Waals surface area contributed by atoms with E-state index in [0.29, 0.717) is 11.1 Å². The van der Waals surface area contributed by atoms with E-state index >= 15 is 0 Å². The molecule has 2 rings (SSSR count). The molecule has 0 fully saturated rings. The molecule has 26 heavy (non-hydrogen) atoms. The summed E-state index contributed by atoms with van der Waals surface area (Å²) in [6, 6.07) is 15.3. The van der Waals surface area contributed by atoms with Crippen LogP contribution in [0.3, 0.4) is 0 Å². The Bertz CT molecular complexity index is 836. The van der Waals surface area contributed by atoms with Crippen molar-refractivity contribution in [3.05, 3.63) is 83.4 Å². The van der Waals surface area contributed by atoms with E-state index in [1.54, 1.807) is 54.6 Å². The quantitative estimate of drug-likeness (QED) is 0.560. The van der Waals surface area contributed by atoms with Crippen LogP contribution < -0.4 is 0 Å². The van der Waals surface area contributed by atoms with Crippen LogP contribution in [0.5, 0.6) is 0 Å². The SMILES string of the molecule is C=C(C(=O)O)C(CC(=O)c1ccc(C)cc1)(Cc1ccccc1)C(=O)O. The molecule has 1 unspecified atom stereocenters. The van der Waals surface area contributed by atoms with Gasteiger partial charge < -0.3 is 10.2 Å². The van der Waals surface area contributed by atoms with Crippen LogP contribution in [0, 0.1) is 12.3 Å². The number of benzene rings is 2. The molecule has 5 nitrogen and oxygen atoms in total. The molecule has 0 radical (unpaired) electrons. The molecule has 0 saturated heterocycles. The van der Waals surface area contributed by atoms with E-state index in [1.165, 1.54) is 0 Å². The number of Topliss-reactive ketones (excluding diaryl/α,β-unsaturated/α-hetero) is 1. The molecular weight excluding hydrogens is 332 g/mol. The smallest absolute Gasteiger partial charge is 0.332 e. The molecule has 0 aliphatic carbocycles. The van der Waals surface area contributed by atoms with Crippen molar-refractivity contribution in [1.29, 1.82) is 0 Å². The molecule has 0 spiro atoms. The summed E-state index contributed by atoms with van der Waals surface area (Å²) in [6.45, 7) is 5.34. The van der Waals surface area contributed by atoms with Gasteiger partial charge in [0.2, 0.25) is 0 Å². The zero-order valence-electron chi connectivity index (χ0n) is 14.4. The summed E-state index contributed by atoms with van der Waals surface area (Å²) in [6.07, 6.45) is -0.614. The minimum atomic E-state index is -1.92. The number of hydrogen-bond donors (Lipinski definition) is 2. The first-order chi connectivity index (χ1) is 12.3. The molecule has 0 amide bonds. The van der Waals surface area contributed by atoms with Crippen molar-refractivity contribution in [3.8, 4) is 0 Å². The van der Waals surface area contributed by atoms with Crippen molar-refractivity contribution >= 4 is 17.7 Å². The number of rotatable bonds is 8. The maximum absolute atomic E-state index is 12.7. The number of hydrogen-bond acceptors (Lipinski definition) is 3. The standard InChI is InChI=1S/C21H20O5/c1-14-8-10-17(11-9-14)18(22)13-21(20(25)26,15(2)19(23)24)12-16-6-4-3-5-7-16/h3-11H,2,12-13H2,1H3,(H,23,24)(H,25,26). The van der Waals surface area contributed by atoms with Crippen LogP contribution in [-0.2, 0) is 16.0 Å². The average Bonchev–Trinajstić information content (AvgIpc) is 2.61. The Morgan fingerprint density at radius 3 is 2.04 bits per heavy atom. The molecule has 0 aliphatic rings. The third kappa shape index (κ3) is 4.06. The zero-order chi connectivity index (χ0) is 19.3. The van der Waals surface area contributed by atoms with Crippen LogP contribution in [0.25, 0.3) is 0 Å². The van der Waals surface area contributed by atoms with Crippen LogP contribution in [0.4, 0.5) is 0 Å². The Morgan fingerprint density at radius 1 is 0.962 bits per heavy atom. The van der Waals surface area contributed by atoms with Gasteiger partial charge in [-0.05, 0) is 18.9 Å². The molecule has 2 aromatic carbocycles. The fourth-order valence-corrected chi connectivity index (χ4v) is 2.82. The summed E-state index contributed by atoms with van der Waals surface area (Å²) in [5, 5.41) is 19.3. The highest BCUT2D eigenvalue weighted by atomic mass is 16.4. The topological polar surface area (TPSA) is 91.7 Å². The van der Waals surface area contributed by atoms with Crippen LogP contribution in [0.15, 0.2) is 66.7 Å². The summed E-state index contributed by atoms with van der Waals surface area (Å²) in [7, 11) is 0. The molecule has 5 heteroatoms. The van der Waals surface area contributed by atoms with Gasteiger partial charge in [0.15, 0.2) is 5.78 Å². The van der Waals surface area contributed by atoms with Crippen LogP contribution in [0.1, 0.15) is 27.9 Å². The number of ketones is 1. The monoisotopic (exact) mass is 352 g/mol. The maximum Gasteiger partial charge on any atom is 0.332 e. The number of aryl methyl sites for hydroxylation is 1. The number of carboxylic acid groups (broad SMARTS) is 2. The first-order valence-corrected chi connectivity index (χ1v) is 8.06. The lowest BCUT2D eigenvalue weighted by atomic mass is 9.71. The lowest BCUT2D eigenvalue weighted by molar-refractivity contribution is -0.150. The van der Waals surface area contributed by atoms with Gasteiger partial charge in [0, 0.05) is 17.6 Å². The van der Waals surface area contributed by atoms with E-state index in [4.69, 9.17) is 0 Å². The van der Waals surface area contributed by atoms with Gasteiger partial charge in [-0.25, -0.2) is 4.79 Å². The molecule has 2 aromatic rings. The Labute approximate surface area is 151 Å². The summed E-state index contributed by atoms with van der Waals surface area (Å²) < 4.78 is 0. The van der Waals surface area contributed by atoms with E-state index in [-0.39, 0.29) is 6.42 Å². The number of carbonyl (C=O) groups is 3. The molecule has 2 N–H and O–H groups in total. The third-order valence-electron chi connectivity index (χ3n) is 4.43. The number of carboxylic acids is 2. The van der Waals surface area contributed by atoms with Crippen molar-refractivity contribution in [2.45, 2.75) is 19.8 Å². The van der Waals surface area contributed by atoms with Gasteiger partial charge >= 0.3 is 11.9 Å². The third-order valence-corrected chi connectivity index (χ3v) is 4.43. The largest absolute Gasteiger partial charge is 0.481 e.